The number of hydrogen-bond donors (Lipinski definition) is 1. The molecule has 0 spiro atoms. The second-order valence-electron chi connectivity index (χ2n) is 7.45. The minimum absolute atomic E-state index is 0.120. The van der Waals surface area contributed by atoms with E-state index in [9.17, 15) is 17.6 Å². The van der Waals surface area contributed by atoms with Crippen LogP contribution < -0.4 is 14.4 Å². The highest BCUT2D eigenvalue weighted by molar-refractivity contribution is 7.92. The highest BCUT2D eigenvalue weighted by Crippen LogP contribution is 2.27. The lowest BCUT2D eigenvalue weighted by Gasteiger charge is -2.24. The van der Waals surface area contributed by atoms with Crippen LogP contribution in [-0.4, -0.2) is 28.0 Å². The number of anilines is 2. The van der Waals surface area contributed by atoms with E-state index in [2.05, 4.69) is 5.32 Å². The third-order valence-electron chi connectivity index (χ3n) is 4.91. The van der Waals surface area contributed by atoms with E-state index in [1.165, 1.54) is 19.2 Å². The molecule has 3 aromatic carbocycles. The van der Waals surface area contributed by atoms with Gasteiger partial charge in [0.25, 0.3) is 10.0 Å². The van der Waals surface area contributed by atoms with Crippen LogP contribution in [0.2, 0.25) is 0 Å². The van der Waals surface area contributed by atoms with Crippen LogP contribution in [0.4, 0.5) is 15.8 Å². The number of hydrogen-bond acceptors (Lipinski definition) is 4. The van der Waals surface area contributed by atoms with Crippen LogP contribution in [0.1, 0.15) is 25.3 Å². The Balaban J connectivity index is 1.95. The van der Waals surface area contributed by atoms with Gasteiger partial charge in [0.1, 0.15) is 18.1 Å². The number of para-hydroxylation sites is 1. The van der Waals surface area contributed by atoms with Crippen LogP contribution >= 0.6 is 0 Å². The first-order valence-electron chi connectivity index (χ1n) is 10.0. The Labute approximate surface area is 187 Å². The number of sulfonamides is 1. The first kappa shape index (κ1) is 23.3. The fraction of sp³-hybridized carbons (Fsp3) is 0.208. The monoisotopic (exact) mass is 456 g/mol. The van der Waals surface area contributed by atoms with Crippen molar-refractivity contribution in [2.45, 2.75) is 24.7 Å². The molecule has 0 aromatic heterocycles. The number of methoxy groups -OCH3 is 1. The third-order valence-corrected chi connectivity index (χ3v) is 6.69. The van der Waals surface area contributed by atoms with Crippen LogP contribution in [0.25, 0.3) is 0 Å². The molecule has 3 rings (SSSR count). The van der Waals surface area contributed by atoms with Crippen molar-refractivity contribution in [3.05, 3.63) is 84.2 Å². The number of benzene rings is 3. The zero-order valence-corrected chi connectivity index (χ0v) is 18.9. The molecular formula is C24H25FN2O4S. The summed E-state index contributed by atoms with van der Waals surface area (Å²) in [7, 11) is -2.64. The molecule has 0 aliphatic carbocycles. The summed E-state index contributed by atoms with van der Waals surface area (Å²) < 4.78 is 46.2. The molecule has 8 heteroatoms. The number of rotatable bonds is 8. The summed E-state index contributed by atoms with van der Waals surface area (Å²) in [5.41, 5.74) is 1.85. The SMILES string of the molecule is COc1ccc(N(CC(=O)Nc2ccccc2C(C)C)S(=O)(=O)c2ccc(F)cc2)cc1. The fourth-order valence-corrected chi connectivity index (χ4v) is 4.65. The van der Waals surface area contributed by atoms with E-state index in [1.54, 1.807) is 36.4 Å². The van der Waals surface area contributed by atoms with Crippen molar-refractivity contribution < 1.29 is 22.3 Å². The van der Waals surface area contributed by atoms with Crippen LogP contribution in [0.3, 0.4) is 0 Å². The average Bonchev–Trinajstić information content (AvgIpc) is 2.78. The summed E-state index contributed by atoms with van der Waals surface area (Å²) in [6.07, 6.45) is 0. The van der Waals surface area contributed by atoms with E-state index in [4.69, 9.17) is 4.74 Å². The Hall–Kier alpha value is -3.39. The number of ether oxygens (including phenoxy) is 1. The first-order chi connectivity index (χ1) is 15.2. The standard InChI is InChI=1S/C24H25FN2O4S/c1-17(2)22-6-4-5-7-23(22)26-24(28)16-27(19-10-12-20(31-3)13-11-19)32(29,30)21-14-8-18(25)9-15-21/h4-15,17H,16H2,1-3H3,(H,26,28). The van der Waals surface area contributed by atoms with E-state index in [0.717, 1.165) is 22.0 Å². The van der Waals surface area contributed by atoms with Gasteiger partial charge in [-0.05, 0) is 66.1 Å². The summed E-state index contributed by atoms with van der Waals surface area (Å²) in [5, 5.41) is 2.82. The largest absolute Gasteiger partial charge is 0.497 e. The highest BCUT2D eigenvalue weighted by atomic mass is 32.2. The number of carbonyl (C=O) groups is 1. The van der Waals surface area contributed by atoms with E-state index in [-0.39, 0.29) is 16.5 Å². The number of nitrogens with one attached hydrogen (secondary N) is 1. The molecule has 0 aliphatic rings. The van der Waals surface area contributed by atoms with Gasteiger partial charge in [-0.25, -0.2) is 12.8 Å². The van der Waals surface area contributed by atoms with Crippen LogP contribution in [0, 0.1) is 5.82 Å². The van der Waals surface area contributed by atoms with Gasteiger partial charge in [-0.2, -0.15) is 0 Å². The van der Waals surface area contributed by atoms with Gasteiger partial charge in [0.2, 0.25) is 5.91 Å². The molecule has 32 heavy (non-hydrogen) atoms. The van der Waals surface area contributed by atoms with E-state index >= 15 is 0 Å². The molecule has 6 nitrogen and oxygen atoms in total. The van der Waals surface area contributed by atoms with Gasteiger partial charge in [-0.15, -0.1) is 0 Å². The maximum atomic E-state index is 13.4. The first-order valence-corrected chi connectivity index (χ1v) is 11.5. The molecule has 0 saturated heterocycles. The molecule has 0 heterocycles. The molecule has 0 saturated carbocycles. The quantitative estimate of drug-likeness (QED) is 0.529. The predicted molar refractivity (Wildman–Crippen MR) is 123 cm³/mol. The van der Waals surface area contributed by atoms with Gasteiger partial charge in [-0.1, -0.05) is 32.0 Å². The Bertz CT molecular complexity index is 1180. The number of amides is 1. The van der Waals surface area contributed by atoms with E-state index in [1.807, 2.05) is 26.0 Å². The lowest BCUT2D eigenvalue weighted by molar-refractivity contribution is -0.114. The lowest BCUT2D eigenvalue weighted by atomic mass is 10.0. The van der Waals surface area contributed by atoms with Gasteiger partial charge < -0.3 is 10.1 Å². The molecule has 168 valence electrons. The van der Waals surface area contributed by atoms with Crippen molar-refractivity contribution in [1.29, 1.82) is 0 Å². The van der Waals surface area contributed by atoms with Gasteiger partial charge in [0, 0.05) is 5.69 Å². The Morgan fingerprint density at radius 3 is 2.22 bits per heavy atom. The number of nitrogens with zero attached hydrogens (tertiary/aromatic N) is 1. The predicted octanol–water partition coefficient (Wildman–Crippen LogP) is 4.79. The average molecular weight is 457 g/mol. The molecule has 0 atom stereocenters. The minimum Gasteiger partial charge on any atom is -0.497 e. The summed E-state index contributed by atoms with van der Waals surface area (Å²) in [6, 6.07) is 18.2. The molecule has 0 unspecified atom stereocenters. The topological polar surface area (TPSA) is 75.7 Å². The molecule has 0 aliphatic heterocycles. The number of halogens is 1. The van der Waals surface area contributed by atoms with Crippen molar-refractivity contribution in [3.8, 4) is 5.75 Å². The van der Waals surface area contributed by atoms with Crippen molar-refractivity contribution in [1.82, 2.24) is 0 Å². The maximum absolute atomic E-state index is 13.4. The molecule has 1 amide bonds. The van der Waals surface area contributed by atoms with Crippen LogP contribution in [-0.2, 0) is 14.8 Å². The highest BCUT2D eigenvalue weighted by Gasteiger charge is 2.27. The smallest absolute Gasteiger partial charge is 0.264 e. The molecule has 1 N–H and O–H groups in total. The Morgan fingerprint density at radius 1 is 1.00 bits per heavy atom. The summed E-state index contributed by atoms with van der Waals surface area (Å²) >= 11 is 0. The fourth-order valence-electron chi connectivity index (χ4n) is 3.23. The van der Waals surface area contributed by atoms with Crippen LogP contribution in [0.15, 0.2) is 77.7 Å². The van der Waals surface area contributed by atoms with Crippen molar-refractivity contribution >= 4 is 27.3 Å². The van der Waals surface area contributed by atoms with Gasteiger partial charge in [0.15, 0.2) is 0 Å². The minimum atomic E-state index is -4.14. The van der Waals surface area contributed by atoms with Crippen molar-refractivity contribution in [3.63, 3.8) is 0 Å². The zero-order chi connectivity index (χ0) is 23.3. The molecule has 0 fully saturated rings. The molecular weight excluding hydrogens is 431 g/mol. The summed E-state index contributed by atoms with van der Waals surface area (Å²) in [6.45, 7) is 3.56. The van der Waals surface area contributed by atoms with E-state index in [0.29, 0.717) is 11.4 Å². The second-order valence-corrected chi connectivity index (χ2v) is 9.32. The van der Waals surface area contributed by atoms with Gasteiger partial charge >= 0.3 is 0 Å². The van der Waals surface area contributed by atoms with Crippen molar-refractivity contribution in [2.75, 3.05) is 23.3 Å². The lowest BCUT2D eigenvalue weighted by Crippen LogP contribution is -2.38. The van der Waals surface area contributed by atoms with E-state index < -0.39 is 28.3 Å². The third kappa shape index (κ3) is 5.26. The van der Waals surface area contributed by atoms with Crippen molar-refractivity contribution in [2.24, 2.45) is 0 Å². The van der Waals surface area contributed by atoms with Gasteiger partial charge in [-0.3, -0.25) is 9.10 Å². The molecule has 3 aromatic rings. The Kier molecular flexibility index (Phi) is 7.15. The van der Waals surface area contributed by atoms with Gasteiger partial charge in [0.05, 0.1) is 17.7 Å². The Morgan fingerprint density at radius 2 is 1.62 bits per heavy atom. The summed E-state index contributed by atoms with van der Waals surface area (Å²) in [4.78, 5) is 12.8. The zero-order valence-electron chi connectivity index (χ0n) is 18.1. The maximum Gasteiger partial charge on any atom is 0.264 e. The van der Waals surface area contributed by atoms with Crippen LogP contribution in [0.5, 0.6) is 5.75 Å². The summed E-state index contributed by atoms with van der Waals surface area (Å²) in [5.74, 6) is -0.335. The molecule has 0 radical (unpaired) electrons. The molecule has 0 bridgehead atoms. The second kappa shape index (κ2) is 9.82. The normalized spacial score (nSPS) is 11.3. The number of carbonyl (C=O) groups excluding carboxylic acids is 1.